The van der Waals surface area contributed by atoms with Crippen molar-refractivity contribution >= 4 is 34.2 Å². The van der Waals surface area contributed by atoms with Crippen LogP contribution < -0.4 is 0 Å². The summed E-state index contributed by atoms with van der Waals surface area (Å²) in [4.78, 5) is 14.5. The molecule has 1 aliphatic rings. The Kier molecular flexibility index (Phi) is 4.60. The van der Waals surface area contributed by atoms with Crippen molar-refractivity contribution in [2.75, 3.05) is 0 Å². The van der Waals surface area contributed by atoms with Gasteiger partial charge in [0.15, 0.2) is 0 Å². The van der Waals surface area contributed by atoms with E-state index in [2.05, 4.69) is 24.3 Å². The molecule has 4 heteroatoms. The molecule has 2 aromatic carbocycles. The van der Waals surface area contributed by atoms with E-state index in [1.165, 1.54) is 11.8 Å². The number of rotatable bonds is 4. The van der Waals surface area contributed by atoms with Crippen LogP contribution in [0.25, 0.3) is 0 Å². The van der Waals surface area contributed by atoms with Gasteiger partial charge in [0, 0.05) is 0 Å². The zero-order valence-electron chi connectivity index (χ0n) is 12.3. The molecule has 1 aliphatic heterocycles. The largest absolute Gasteiger partial charge is 0.285 e. The molecule has 1 amide bonds. The highest BCUT2D eigenvalue weighted by molar-refractivity contribution is 8.24. The number of thiocarbonyl (C=S) groups is 1. The molecule has 1 fully saturated rings. The van der Waals surface area contributed by atoms with Crippen molar-refractivity contribution in [2.45, 2.75) is 24.6 Å². The number of thioether (sulfide) groups is 1. The first-order valence-electron chi connectivity index (χ1n) is 7.36. The molecule has 2 aromatic rings. The fourth-order valence-electron chi connectivity index (χ4n) is 2.73. The van der Waals surface area contributed by atoms with Gasteiger partial charge in [0.2, 0.25) is 5.91 Å². The number of carbonyl (C=O) groups excluding carboxylic acids is 1. The molecule has 0 aliphatic carbocycles. The van der Waals surface area contributed by atoms with Crippen LogP contribution in [0.2, 0.25) is 0 Å². The molecule has 112 valence electrons. The molecule has 22 heavy (non-hydrogen) atoms. The van der Waals surface area contributed by atoms with E-state index in [4.69, 9.17) is 12.2 Å². The molecule has 1 unspecified atom stereocenters. The third-order valence-electron chi connectivity index (χ3n) is 3.81. The number of amides is 1. The first-order chi connectivity index (χ1) is 10.7. The second-order valence-corrected chi connectivity index (χ2v) is 7.05. The van der Waals surface area contributed by atoms with Crippen LogP contribution in [-0.2, 0) is 4.79 Å². The van der Waals surface area contributed by atoms with Crippen LogP contribution in [0.5, 0.6) is 0 Å². The lowest BCUT2D eigenvalue weighted by Gasteiger charge is -2.28. The Hall–Kier alpha value is -1.65. The second kappa shape index (κ2) is 6.63. The quantitative estimate of drug-likeness (QED) is 0.776. The van der Waals surface area contributed by atoms with E-state index in [9.17, 15) is 4.79 Å². The minimum atomic E-state index is -0.147. The molecular formula is C18H17NOS2. The molecule has 0 spiro atoms. The zero-order chi connectivity index (χ0) is 15.5. The number of benzene rings is 2. The van der Waals surface area contributed by atoms with Crippen LogP contribution >= 0.6 is 24.0 Å². The van der Waals surface area contributed by atoms with Gasteiger partial charge in [0.25, 0.3) is 0 Å². The number of carbonyl (C=O) groups is 1. The van der Waals surface area contributed by atoms with Crippen molar-refractivity contribution in [3.8, 4) is 0 Å². The predicted molar refractivity (Wildman–Crippen MR) is 95.8 cm³/mol. The number of hydrogen-bond donors (Lipinski definition) is 0. The highest BCUT2D eigenvalue weighted by Crippen LogP contribution is 2.39. The molecule has 1 heterocycles. The van der Waals surface area contributed by atoms with E-state index in [1.54, 1.807) is 4.90 Å². The Morgan fingerprint density at radius 2 is 1.55 bits per heavy atom. The van der Waals surface area contributed by atoms with Crippen LogP contribution in [0.3, 0.4) is 0 Å². The average molecular weight is 327 g/mol. The maximum Gasteiger partial charge on any atom is 0.242 e. The number of nitrogens with zero attached hydrogens (tertiary/aromatic N) is 1. The lowest BCUT2D eigenvalue weighted by molar-refractivity contribution is -0.127. The predicted octanol–water partition coefficient (Wildman–Crippen LogP) is 4.41. The normalized spacial score (nSPS) is 18.3. The van der Waals surface area contributed by atoms with Gasteiger partial charge in [-0.15, -0.1) is 0 Å². The van der Waals surface area contributed by atoms with Gasteiger partial charge in [-0.3, -0.25) is 9.69 Å². The Labute approximate surface area is 140 Å². The SMILES string of the molecule is CCC1SC(=S)N(C(c2ccccc2)c2ccccc2)C1=O. The molecule has 2 nitrogen and oxygen atoms in total. The summed E-state index contributed by atoms with van der Waals surface area (Å²) in [5.74, 6) is 0.121. The minimum Gasteiger partial charge on any atom is -0.285 e. The Morgan fingerprint density at radius 3 is 1.95 bits per heavy atom. The van der Waals surface area contributed by atoms with Gasteiger partial charge in [-0.2, -0.15) is 0 Å². The summed E-state index contributed by atoms with van der Waals surface area (Å²) in [6, 6.07) is 20.0. The van der Waals surface area contributed by atoms with E-state index in [-0.39, 0.29) is 17.2 Å². The van der Waals surface area contributed by atoms with Crippen LogP contribution in [0.15, 0.2) is 60.7 Å². The molecule has 1 saturated heterocycles. The van der Waals surface area contributed by atoms with E-state index in [0.29, 0.717) is 4.32 Å². The van der Waals surface area contributed by atoms with E-state index in [0.717, 1.165) is 17.5 Å². The number of hydrogen-bond acceptors (Lipinski definition) is 3. The third-order valence-corrected chi connectivity index (χ3v) is 5.52. The van der Waals surface area contributed by atoms with Gasteiger partial charge in [0.05, 0.1) is 11.3 Å². The summed E-state index contributed by atoms with van der Waals surface area (Å²) < 4.78 is 0.676. The summed E-state index contributed by atoms with van der Waals surface area (Å²) in [5.41, 5.74) is 2.17. The lowest BCUT2D eigenvalue weighted by Crippen LogP contribution is -2.35. The lowest BCUT2D eigenvalue weighted by atomic mass is 9.97. The van der Waals surface area contributed by atoms with Gasteiger partial charge in [-0.25, -0.2) is 0 Å². The standard InChI is InChI=1S/C18H17NOS2/c1-2-15-17(20)19(18(21)22-15)16(13-9-5-3-6-10-13)14-11-7-4-8-12-14/h3-12,15-16H,2H2,1H3. The summed E-state index contributed by atoms with van der Waals surface area (Å²) in [6.07, 6.45) is 0.802. The van der Waals surface area contributed by atoms with Gasteiger partial charge < -0.3 is 0 Å². The van der Waals surface area contributed by atoms with Crippen LogP contribution in [-0.4, -0.2) is 20.4 Å². The van der Waals surface area contributed by atoms with Crippen molar-refractivity contribution in [3.05, 3.63) is 71.8 Å². The van der Waals surface area contributed by atoms with Crippen LogP contribution in [0.1, 0.15) is 30.5 Å². The second-order valence-electron chi connectivity index (χ2n) is 5.21. The van der Waals surface area contributed by atoms with E-state index in [1.807, 2.05) is 43.3 Å². The zero-order valence-corrected chi connectivity index (χ0v) is 13.9. The highest BCUT2D eigenvalue weighted by Gasteiger charge is 2.40. The summed E-state index contributed by atoms with van der Waals surface area (Å²) >= 11 is 7.01. The molecular weight excluding hydrogens is 310 g/mol. The van der Waals surface area contributed by atoms with Gasteiger partial charge in [-0.05, 0) is 17.5 Å². The Morgan fingerprint density at radius 1 is 1.05 bits per heavy atom. The Balaban J connectivity index is 2.07. The monoisotopic (exact) mass is 327 g/mol. The molecule has 0 radical (unpaired) electrons. The topological polar surface area (TPSA) is 20.3 Å². The summed E-state index contributed by atoms with van der Waals surface area (Å²) in [7, 11) is 0. The van der Waals surface area contributed by atoms with Crippen molar-refractivity contribution in [1.82, 2.24) is 4.90 Å². The van der Waals surface area contributed by atoms with E-state index >= 15 is 0 Å². The van der Waals surface area contributed by atoms with Gasteiger partial charge >= 0.3 is 0 Å². The maximum absolute atomic E-state index is 12.8. The fourth-order valence-corrected chi connectivity index (χ4v) is 4.20. The van der Waals surface area contributed by atoms with Crippen molar-refractivity contribution in [2.24, 2.45) is 0 Å². The average Bonchev–Trinajstić information content (AvgIpc) is 2.85. The Bertz CT molecular complexity index is 633. The van der Waals surface area contributed by atoms with E-state index < -0.39 is 0 Å². The molecule has 3 rings (SSSR count). The first kappa shape index (κ1) is 15.3. The van der Waals surface area contributed by atoms with Crippen molar-refractivity contribution in [3.63, 3.8) is 0 Å². The minimum absolute atomic E-state index is 0.0533. The van der Waals surface area contributed by atoms with Crippen molar-refractivity contribution in [1.29, 1.82) is 0 Å². The van der Waals surface area contributed by atoms with Gasteiger partial charge in [-0.1, -0.05) is 91.6 Å². The third kappa shape index (κ3) is 2.81. The molecule has 0 saturated carbocycles. The molecule has 1 atom stereocenters. The smallest absolute Gasteiger partial charge is 0.242 e. The summed E-state index contributed by atoms with van der Waals surface area (Å²) in [6.45, 7) is 2.03. The van der Waals surface area contributed by atoms with Gasteiger partial charge in [0.1, 0.15) is 4.32 Å². The van der Waals surface area contributed by atoms with Crippen LogP contribution in [0, 0.1) is 0 Å². The molecule has 0 bridgehead atoms. The summed E-state index contributed by atoms with van der Waals surface area (Å²) in [5, 5.41) is -0.0533. The fraction of sp³-hybridized carbons (Fsp3) is 0.222. The highest BCUT2D eigenvalue weighted by atomic mass is 32.2. The van der Waals surface area contributed by atoms with Crippen molar-refractivity contribution < 1.29 is 4.79 Å². The van der Waals surface area contributed by atoms with Crippen LogP contribution in [0.4, 0.5) is 0 Å². The molecule has 0 aromatic heterocycles. The molecule has 0 N–H and O–H groups in total. The maximum atomic E-state index is 12.8. The first-order valence-corrected chi connectivity index (χ1v) is 8.64.